The van der Waals surface area contributed by atoms with Gasteiger partial charge in [-0.2, -0.15) is 0 Å². The highest BCUT2D eigenvalue weighted by Crippen LogP contribution is 2.41. The van der Waals surface area contributed by atoms with Crippen molar-refractivity contribution in [1.29, 1.82) is 0 Å². The van der Waals surface area contributed by atoms with Crippen molar-refractivity contribution in [2.45, 2.75) is 65.3 Å². The van der Waals surface area contributed by atoms with Gasteiger partial charge < -0.3 is 5.11 Å². The highest BCUT2D eigenvalue weighted by atomic mass is 16.3. The van der Waals surface area contributed by atoms with Gasteiger partial charge in [0, 0.05) is 31.2 Å². The second kappa shape index (κ2) is 5.92. The highest BCUT2D eigenvalue weighted by Gasteiger charge is 2.39. The van der Waals surface area contributed by atoms with E-state index in [9.17, 15) is 5.11 Å². The largest absolute Gasteiger partial charge is 0.396 e. The summed E-state index contributed by atoms with van der Waals surface area (Å²) in [5.74, 6) is 1.54. The fourth-order valence-corrected chi connectivity index (χ4v) is 3.79. The van der Waals surface area contributed by atoms with E-state index >= 15 is 0 Å². The first kappa shape index (κ1) is 14.3. The van der Waals surface area contributed by atoms with Crippen LogP contribution < -0.4 is 0 Å². The zero-order valence-corrected chi connectivity index (χ0v) is 12.5. The van der Waals surface area contributed by atoms with Crippen LogP contribution in [0.4, 0.5) is 0 Å². The molecular weight excluding hydrogens is 222 g/mol. The van der Waals surface area contributed by atoms with Crippen LogP contribution in [0.15, 0.2) is 0 Å². The molecule has 0 amide bonds. The molecule has 2 nitrogen and oxygen atoms in total. The van der Waals surface area contributed by atoms with Crippen LogP contribution in [0.1, 0.15) is 59.3 Å². The van der Waals surface area contributed by atoms with Gasteiger partial charge in [-0.15, -0.1) is 0 Å². The minimum atomic E-state index is 0.204. The molecule has 2 fully saturated rings. The number of aliphatic hydroxyl groups excluding tert-OH is 1. The van der Waals surface area contributed by atoms with E-state index < -0.39 is 0 Å². The Balaban J connectivity index is 1.97. The minimum Gasteiger partial charge on any atom is -0.396 e. The normalized spacial score (nSPS) is 33.3. The van der Waals surface area contributed by atoms with Gasteiger partial charge in [0.2, 0.25) is 0 Å². The highest BCUT2D eigenvalue weighted by molar-refractivity contribution is 4.93. The van der Waals surface area contributed by atoms with Gasteiger partial charge >= 0.3 is 0 Å². The van der Waals surface area contributed by atoms with Gasteiger partial charge in [0.1, 0.15) is 0 Å². The zero-order valence-electron chi connectivity index (χ0n) is 12.5. The van der Waals surface area contributed by atoms with Crippen molar-refractivity contribution in [1.82, 2.24) is 4.90 Å². The molecule has 0 spiro atoms. The van der Waals surface area contributed by atoms with Crippen molar-refractivity contribution in [3.8, 4) is 0 Å². The predicted octanol–water partition coefficient (Wildman–Crippen LogP) is 3.30. The Morgan fingerprint density at radius 3 is 2.50 bits per heavy atom. The third-order valence-corrected chi connectivity index (χ3v) is 4.72. The SMILES string of the molecule is CC(C)CN(CC1(CO)CCCC(C)C1)C1CC1. The maximum Gasteiger partial charge on any atom is 0.0499 e. The smallest absolute Gasteiger partial charge is 0.0499 e. The van der Waals surface area contributed by atoms with Gasteiger partial charge in [-0.3, -0.25) is 4.90 Å². The molecule has 2 aliphatic rings. The molecule has 2 heteroatoms. The van der Waals surface area contributed by atoms with Crippen LogP contribution >= 0.6 is 0 Å². The van der Waals surface area contributed by atoms with Gasteiger partial charge in [-0.1, -0.05) is 33.6 Å². The van der Waals surface area contributed by atoms with Crippen molar-refractivity contribution >= 4 is 0 Å². The first-order valence-electron chi connectivity index (χ1n) is 7.89. The summed E-state index contributed by atoms with van der Waals surface area (Å²) < 4.78 is 0. The third kappa shape index (κ3) is 3.71. The number of rotatable bonds is 6. The summed E-state index contributed by atoms with van der Waals surface area (Å²) in [5.41, 5.74) is 0.204. The predicted molar refractivity (Wildman–Crippen MR) is 76.6 cm³/mol. The quantitative estimate of drug-likeness (QED) is 0.785. The third-order valence-electron chi connectivity index (χ3n) is 4.72. The second-order valence-corrected chi connectivity index (χ2v) is 7.41. The summed E-state index contributed by atoms with van der Waals surface area (Å²) in [7, 11) is 0. The van der Waals surface area contributed by atoms with Crippen molar-refractivity contribution in [2.24, 2.45) is 17.3 Å². The molecule has 0 bridgehead atoms. The van der Waals surface area contributed by atoms with Crippen molar-refractivity contribution in [2.75, 3.05) is 19.7 Å². The Kier molecular flexibility index (Phi) is 4.71. The second-order valence-electron chi connectivity index (χ2n) is 7.41. The Morgan fingerprint density at radius 1 is 1.28 bits per heavy atom. The monoisotopic (exact) mass is 253 g/mol. The van der Waals surface area contributed by atoms with Crippen LogP contribution in [0.5, 0.6) is 0 Å². The molecule has 18 heavy (non-hydrogen) atoms. The maximum absolute atomic E-state index is 9.92. The summed E-state index contributed by atoms with van der Waals surface area (Å²) in [5, 5.41) is 9.92. The minimum absolute atomic E-state index is 0.204. The van der Waals surface area contributed by atoms with E-state index in [1.807, 2.05) is 0 Å². The van der Waals surface area contributed by atoms with Gasteiger partial charge in [0.05, 0.1) is 0 Å². The molecule has 106 valence electrons. The fourth-order valence-electron chi connectivity index (χ4n) is 3.79. The topological polar surface area (TPSA) is 23.5 Å². The Hall–Kier alpha value is -0.0800. The Labute approximate surface area is 113 Å². The molecule has 1 N–H and O–H groups in total. The molecule has 0 radical (unpaired) electrons. The van der Waals surface area contributed by atoms with Gasteiger partial charge in [0.15, 0.2) is 0 Å². The van der Waals surface area contributed by atoms with Crippen LogP contribution in [0.3, 0.4) is 0 Å². The van der Waals surface area contributed by atoms with Gasteiger partial charge in [-0.25, -0.2) is 0 Å². The lowest BCUT2D eigenvalue weighted by Crippen LogP contribution is -2.45. The summed E-state index contributed by atoms with van der Waals surface area (Å²) in [4.78, 5) is 2.68. The molecule has 0 heterocycles. The number of aliphatic hydroxyl groups is 1. The fraction of sp³-hybridized carbons (Fsp3) is 1.00. The van der Waals surface area contributed by atoms with Crippen LogP contribution in [0.2, 0.25) is 0 Å². The molecule has 0 aromatic heterocycles. The van der Waals surface area contributed by atoms with Crippen molar-refractivity contribution in [3.63, 3.8) is 0 Å². The molecule has 2 saturated carbocycles. The van der Waals surface area contributed by atoms with Crippen LogP contribution in [-0.4, -0.2) is 35.7 Å². The van der Waals surface area contributed by atoms with E-state index in [4.69, 9.17) is 0 Å². The molecule has 0 aromatic rings. The summed E-state index contributed by atoms with van der Waals surface area (Å²) in [6.07, 6.45) is 7.88. The van der Waals surface area contributed by atoms with E-state index in [2.05, 4.69) is 25.7 Å². The van der Waals surface area contributed by atoms with E-state index in [1.165, 1.54) is 45.1 Å². The van der Waals surface area contributed by atoms with Crippen molar-refractivity contribution in [3.05, 3.63) is 0 Å². The molecule has 2 aliphatic carbocycles. The number of hydrogen-bond donors (Lipinski definition) is 1. The average Bonchev–Trinajstić information content (AvgIpc) is 3.11. The van der Waals surface area contributed by atoms with Crippen LogP contribution in [0, 0.1) is 17.3 Å². The lowest BCUT2D eigenvalue weighted by molar-refractivity contribution is 0.0181. The van der Waals surface area contributed by atoms with E-state index in [0.29, 0.717) is 6.61 Å². The van der Waals surface area contributed by atoms with E-state index in [0.717, 1.165) is 24.4 Å². The van der Waals surface area contributed by atoms with E-state index in [-0.39, 0.29) is 5.41 Å². The molecule has 2 unspecified atom stereocenters. The van der Waals surface area contributed by atoms with Gasteiger partial charge in [0.25, 0.3) is 0 Å². The zero-order chi connectivity index (χ0) is 13.2. The number of hydrogen-bond acceptors (Lipinski definition) is 2. The summed E-state index contributed by atoms with van der Waals surface area (Å²) in [6.45, 7) is 9.71. The number of nitrogens with zero attached hydrogens (tertiary/aromatic N) is 1. The molecule has 0 aromatic carbocycles. The average molecular weight is 253 g/mol. The summed E-state index contributed by atoms with van der Waals surface area (Å²) in [6, 6.07) is 0.827. The maximum atomic E-state index is 9.92. The lowest BCUT2D eigenvalue weighted by atomic mass is 9.70. The van der Waals surface area contributed by atoms with Gasteiger partial charge in [-0.05, 0) is 37.5 Å². The Morgan fingerprint density at radius 2 is 2.00 bits per heavy atom. The Bertz CT molecular complexity index is 262. The van der Waals surface area contributed by atoms with Crippen molar-refractivity contribution < 1.29 is 5.11 Å². The molecule has 2 rings (SSSR count). The first-order chi connectivity index (χ1) is 8.54. The summed E-state index contributed by atoms with van der Waals surface area (Å²) >= 11 is 0. The molecule has 0 saturated heterocycles. The first-order valence-corrected chi connectivity index (χ1v) is 7.89. The molecule has 0 aliphatic heterocycles. The van der Waals surface area contributed by atoms with Crippen LogP contribution in [0.25, 0.3) is 0 Å². The standard InChI is InChI=1S/C16H31NO/c1-13(2)10-17(15-6-7-15)11-16(12-18)8-4-5-14(3)9-16/h13-15,18H,4-12H2,1-3H3. The lowest BCUT2D eigenvalue weighted by Gasteiger charge is -2.42. The van der Waals surface area contributed by atoms with E-state index in [1.54, 1.807) is 0 Å². The van der Waals surface area contributed by atoms with Crippen LogP contribution in [-0.2, 0) is 0 Å². The molecular formula is C16H31NO. The molecule has 2 atom stereocenters.